The number of amides is 1. The smallest absolute Gasteiger partial charge is 0.439 e. The van der Waals surface area contributed by atoms with E-state index in [1.165, 1.54) is 0 Å². The maximum Gasteiger partial charge on any atom is 0.439 e. The zero-order valence-corrected chi connectivity index (χ0v) is 17.1. The van der Waals surface area contributed by atoms with Crippen LogP contribution in [-0.2, 0) is 4.79 Å². The molecule has 1 aromatic rings. The molecule has 1 aliphatic heterocycles. The number of carbonyl (C=O) groups is 1. The number of carbonyl (C=O) groups excluding carboxylic acids is 1. The molecule has 29 heavy (non-hydrogen) atoms. The molecule has 1 N–H and O–H groups in total. The van der Waals surface area contributed by atoms with Crippen molar-refractivity contribution in [1.29, 1.82) is 0 Å². The SMILES string of the molecule is Cc1ccc(C(C)C)c(OCC(=O)N2N=C3CC[C@H](C)C[C@H]3[C@@]2(O)C(F)(F)F)c1. The molecule has 1 amide bonds. The summed E-state index contributed by atoms with van der Waals surface area (Å²) in [6, 6.07) is 5.53. The molecule has 1 heterocycles. The summed E-state index contributed by atoms with van der Waals surface area (Å²) in [5.74, 6) is -1.68. The van der Waals surface area contributed by atoms with E-state index in [1.54, 1.807) is 6.07 Å². The summed E-state index contributed by atoms with van der Waals surface area (Å²) in [5.41, 5.74) is -1.34. The van der Waals surface area contributed by atoms with Crippen LogP contribution in [0, 0.1) is 18.8 Å². The number of fused-ring (bicyclic) bond motifs is 1. The number of alkyl halides is 3. The summed E-state index contributed by atoms with van der Waals surface area (Å²) in [7, 11) is 0. The molecule has 160 valence electrons. The van der Waals surface area contributed by atoms with E-state index in [2.05, 4.69) is 5.10 Å². The zero-order valence-electron chi connectivity index (χ0n) is 17.1. The summed E-state index contributed by atoms with van der Waals surface area (Å²) in [6.45, 7) is 6.98. The van der Waals surface area contributed by atoms with Gasteiger partial charge in [-0.05, 0) is 55.2 Å². The van der Waals surface area contributed by atoms with E-state index in [4.69, 9.17) is 4.74 Å². The lowest BCUT2D eigenvalue weighted by Crippen LogP contribution is -2.62. The Hall–Kier alpha value is -2.09. The lowest BCUT2D eigenvalue weighted by Gasteiger charge is -2.39. The number of aryl methyl sites for hydroxylation is 1. The topological polar surface area (TPSA) is 62.1 Å². The first-order valence-electron chi connectivity index (χ1n) is 9.88. The lowest BCUT2D eigenvalue weighted by molar-refractivity contribution is -0.318. The number of hydrazone groups is 1. The number of hydrogen-bond acceptors (Lipinski definition) is 4. The Morgan fingerprint density at radius 1 is 1.41 bits per heavy atom. The highest BCUT2D eigenvalue weighted by molar-refractivity contribution is 5.93. The van der Waals surface area contributed by atoms with Gasteiger partial charge < -0.3 is 9.84 Å². The van der Waals surface area contributed by atoms with Crippen molar-refractivity contribution in [2.75, 3.05) is 6.61 Å². The molecule has 2 aliphatic rings. The van der Waals surface area contributed by atoms with Crippen molar-refractivity contribution in [1.82, 2.24) is 5.01 Å². The molecule has 8 heteroatoms. The molecular weight excluding hydrogens is 385 g/mol. The third-order valence-corrected chi connectivity index (χ3v) is 5.77. The van der Waals surface area contributed by atoms with Crippen LogP contribution in [0.2, 0.25) is 0 Å². The molecule has 1 saturated carbocycles. The number of rotatable bonds is 4. The Morgan fingerprint density at radius 2 is 2.10 bits per heavy atom. The summed E-state index contributed by atoms with van der Waals surface area (Å²) in [4.78, 5) is 12.7. The predicted octanol–water partition coefficient (Wildman–Crippen LogP) is 4.38. The maximum absolute atomic E-state index is 13.9. The van der Waals surface area contributed by atoms with Gasteiger partial charge in [0.1, 0.15) is 5.75 Å². The molecule has 3 rings (SSSR count). The molecule has 0 unspecified atom stereocenters. The van der Waals surface area contributed by atoms with Gasteiger partial charge in [0.2, 0.25) is 0 Å². The van der Waals surface area contributed by atoms with E-state index in [-0.39, 0.29) is 29.0 Å². The second-order valence-corrected chi connectivity index (χ2v) is 8.44. The van der Waals surface area contributed by atoms with Crippen LogP contribution in [-0.4, -0.2) is 40.2 Å². The van der Waals surface area contributed by atoms with E-state index in [0.717, 1.165) is 11.1 Å². The quantitative estimate of drug-likeness (QED) is 0.798. The van der Waals surface area contributed by atoms with Gasteiger partial charge in [-0.3, -0.25) is 4.79 Å². The Labute approximate surface area is 168 Å². The van der Waals surface area contributed by atoms with Crippen LogP contribution in [0.15, 0.2) is 23.3 Å². The van der Waals surface area contributed by atoms with Crippen molar-refractivity contribution in [2.45, 2.75) is 64.8 Å². The Kier molecular flexibility index (Phi) is 5.69. The Morgan fingerprint density at radius 3 is 2.72 bits per heavy atom. The predicted molar refractivity (Wildman–Crippen MR) is 103 cm³/mol. The summed E-state index contributed by atoms with van der Waals surface area (Å²) in [5, 5.41) is 14.8. The molecule has 5 nitrogen and oxygen atoms in total. The van der Waals surface area contributed by atoms with Gasteiger partial charge in [-0.1, -0.05) is 32.9 Å². The first-order chi connectivity index (χ1) is 13.4. The highest BCUT2D eigenvalue weighted by Gasteiger charge is 2.68. The number of ether oxygens (including phenoxy) is 1. The number of halogens is 3. The van der Waals surface area contributed by atoms with Crippen molar-refractivity contribution in [3.63, 3.8) is 0 Å². The van der Waals surface area contributed by atoms with Gasteiger partial charge in [-0.25, -0.2) is 0 Å². The number of aliphatic hydroxyl groups is 1. The van der Waals surface area contributed by atoms with E-state index in [1.807, 2.05) is 39.8 Å². The zero-order chi connectivity index (χ0) is 21.6. The molecule has 1 fully saturated rings. The van der Waals surface area contributed by atoms with E-state index < -0.39 is 30.3 Å². The van der Waals surface area contributed by atoms with E-state index in [0.29, 0.717) is 18.6 Å². The summed E-state index contributed by atoms with van der Waals surface area (Å²) >= 11 is 0. The second kappa shape index (κ2) is 7.63. The first kappa shape index (κ1) is 21.6. The molecule has 3 atom stereocenters. The van der Waals surface area contributed by atoms with Crippen LogP contribution < -0.4 is 4.74 Å². The molecule has 0 saturated heterocycles. The van der Waals surface area contributed by atoms with Gasteiger partial charge in [-0.15, -0.1) is 0 Å². The van der Waals surface area contributed by atoms with Crippen LogP contribution in [0.1, 0.15) is 57.1 Å². The fourth-order valence-corrected chi connectivity index (χ4v) is 4.10. The second-order valence-electron chi connectivity index (χ2n) is 8.44. The van der Waals surface area contributed by atoms with Crippen LogP contribution in [0.3, 0.4) is 0 Å². The van der Waals surface area contributed by atoms with E-state index in [9.17, 15) is 23.1 Å². The largest absolute Gasteiger partial charge is 0.483 e. The van der Waals surface area contributed by atoms with Crippen molar-refractivity contribution in [3.8, 4) is 5.75 Å². The molecule has 0 spiro atoms. The third kappa shape index (κ3) is 3.86. The van der Waals surface area contributed by atoms with Gasteiger partial charge in [0, 0.05) is 5.71 Å². The fraction of sp³-hybridized carbons (Fsp3) is 0.619. The normalized spacial score (nSPS) is 27.1. The maximum atomic E-state index is 13.9. The summed E-state index contributed by atoms with van der Waals surface area (Å²) < 4.78 is 47.2. The number of benzene rings is 1. The van der Waals surface area contributed by atoms with Gasteiger partial charge in [0.05, 0.1) is 5.92 Å². The summed E-state index contributed by atoms with van der Waals surface area (Å²) in [6.07, 6.45) is -3.87. The van der Waals surface area contributed by atoms with Gasteiger partial charge in [0.15, 0.2) is 6.61 Å². The standard InChI is InChI=1S/C21H27F3N2O3/c1-12(2)15-7-5-14(4)10-18(15)29-11-19(27)26-20(28,21(22,23)24)16-9-13(3)6-8-17(16)25-26/h5,7,10,12-13,16,28H,6,8-9,11H2,1-4H3/t13-,16+,20+/m0/s1. The molecule has 0 bridgehead atoms. The average molecular weight is 412 g/mol. The Bertz CT molecular complexity index is 822. The van der Waals surface area contributed by atoms with Crippen molar-refractivity contribution in [3.05, 3.63) is 29.3 Å². The molecular formula is C21H27F3N2O3. The highest BCUT2D eigenvalue weighted by Crippen LogP contribution is 2.49. The minimum absolute atomic E-state index is 0.0139. The van der Waals surface area contributed by atoms with Crippen molar-refractivity contribution in [2.24, 2.45) is 16.9 Å². The van der Waals surface area contributed by atoms with Crippen LogP contribution >= 0.6 is 0 Å². The fourth-order valence-electron chi connectivity index (χ4n) is 4.10. The van der Waals surface area contributed by atoms with Crippen LogP contribution in [0.4, 0.5) is 13.2 Å². The van der Waals surface area contributed by atoms with Gasteiger partial charge in [-0.2, -0.15) is 23.3 Å². The van der Waals surface area contributed by atoms with Gasteiger partial charge in [0.25, 0.3) is 11.6 Å². The molecule has 1 aromatic carbocycles. The number of nitrogens with zero attached hydrogens (tertiary/aromatic N) is 2. The molecule has 0 aromatic heterocycles. The Balaban J connectivity index is 1.85. The number of hydrogen-bond donors (Lipinski definition) is 1. The van der Waals surface area contributed by atoms with Crippen molar-refractivity contribution < 1.29 is 27.8 Å². The third-order valence-electron chi connectivity index (χ3n) is 5.77. The van der Waals surface area contributed by atoms with Crippen molar-refractivity contribution >= 4 is 11.6 Å². The van der Waals surface area contributed by atoms with E-state index >= 15 is 0 Å². The van der Waals surface area contributed by atoms with Gasteiger partial charge >= 0.3 is 6.18 Å². The monoisotopic (exact) mass is 412 g/mol. The average Bonchev–Trinajstić information content (AvgIpc) is 2.93. The first-order valence-corrected chi connectivity index (χ1v) is 9.88. The highest BCUT2D eigenvalue weighted by atomic mass is 19.4. The molecule has 1 aliphatic carbocycles. The van der Waals surface area contributed by atoms with Crippen LogP contribution in [0.5, 0.6) is 5.75 Å². The van der Waals surface area contributed by atoms with Crippen LogP contribution in [0.25, 0.3) is 0 Å². The minimum Gasteiger partial charge on any atom is -0.483 e. The molecule has 0 radical (unpaired) electrons. The lowest BCUT2D eigenvalue weighted by atomic mass is 9.76. The minimum atomic E-state index is -5.03.